The van der Waals surface area contributed by atoms with Crippen molar-refractivity contribution in [2.75, 3.05) is 31.0 Å². The van der Waals surface area contributed by atoms with E-state index in [1.165, 1.54) is 21.1 Å². The van der Waals surface area contributed by atoms with Crippen LogP contribution >= 0.6 is 23.7 Å². The summed E-state index contributed by atoms with van der Waals surface area (Å²) in [6.45, 7) is 0. The summed E-state index contributed by atoms with van der Waals surface area (Å²) in [7, 11) is 5.04. The van der Waals surface area contributed by atoms with Crippen LogP contribution in [0.4, 0.5) is 15.7 Å². The minimum Gasteiger partial charge on any atom is -0.494 e. The molecule has 0 N–H and O–H groups in total. The van der Waals surface area contributed by atoms with Gasteiger partial charge in [-0.2, -0.15) is 0 Å². The van der Waals surface area contributed by atoms with Crippen molar-refractivity contribution in [3.8, 4) is 16.9 Å². The molecule has 2 aromatic carbocycles. The highest BCUT2D eigenvalue weighted by Crippen LogP contribution is 2.40. The molecule has 0 aliphatic carbocycles. The van der Waals surface area contributed by atoms with E-state index in [-0.39, 0.29) is 18.4 Å². The van der Waals surface area contributed by atoms with Gasteiger partial charge < -0.3 is 4.74 Å². The van der Waals surface area contributed by atoms with Crippen molar-refractivity contribution in [2.24, 2.45) is 0 Å². The van der Waals surface area contributed by atoms with E-state index in [4.69, 9.17) is 9.72 Å². The lowest BCUT2D eigenvalue weighted by Gasteiger charge is -2.22. The molecule has 2 amide bonds. The zero-order valence-electron chi connectivity index (χ0n) is 16.8. The predicted molar refractivity (Wildman–Crippen MR) is 125 cm³/mol. The Balaban J connectivity index is 0.00000256. The Labute approximate surface area is 185 Å². The van der Waals surface area contributed by atoms with Gasteiger partial charge in [-0.05, 0) is 29.8 Å². The number of urea groups is 1. The molecule has 0 radical (unpaired) electrons. The average molecular weight is 441 g/mol. The standard InChI is InChI=1S/C22H20N4O2S.ClH/c1-25(18-11-7-8-14-23-18)22(27)26(2)21-24-19-17(28-3)13-12-16(20(19)29-21)15-9-5-4-6-10-15;/h4-14H,1-3H3;1H. The van der Waals surface area contributed by atoms with Crippen LogP contribution in [-0.4, -0.2) is 37.2 Å². The van der Waals surface area contributed by atoms with Crippen molar-refractivity contribution in [2.45, 2.75) is 0 Å². The maximum Gasteiger partial charge on any atom is 0.331 e. The van der Waals surface area contributed by atoms with E-state index in [1.807, 2.05) is 42.5 Å². The van der Waals surface area contributed by atoms with Gasteiger partial charge in [0.1, 0.15) is 17.1 Å². The SMILES string of the molecule is COc1ccc(-c2ccccc2)c2sc(N(C)C(=O)N(C)c3ccccn3)nc12.Cl. The number of hydrogen-bond acceptors (Lipinski definition) is 5. The summed E-state index contributed by atoms with van der Waals surface area (Å²) < 4.78 is 6.49. The molecule has 2 aromatic heterocycles. The van der Waals surface area contributed by atoms with E-state index in [9.17, 15) is 4.79 Å². The van der Waals surface area contributed by atoms with Gasteiger partial charge in [0.05, 0.1) is 11.8 Å². The van der Waals surface area contributed by atoms with E-state index in [2.05, 4.69) is 17.1 Å². The summed E-state index contributed by atoms with van der Waals surface area (Å²) in [6.07, 6.45) is 1.66. The first-order chi connectivity index (χ1) is 14.1. The number of pyridine rings is 1. The van der Waals surface area contributed by atoms with E-state index in [1.54, 1.807) is 33.5 Å². The minimum absolute atomic E-state index is 0. The van der Waals surface area contributed by atoms with Crippen molar-refractivity contribution in [1.29, 1.82) is 0 Å². The highest BCUT2D eigenvalue weighted by atomic mass is 35.5. The van der Waals surface area contributed by atoms with Gasteiger partial charge >= 0.3 is 6.03 Å². The number of benzene rings is 2. The Hall–Kier alpha value is -3.16. The molecule has 4 aromatic rings. The number of amides is 2. The van der Waals surface area contributed by atoms with Crippen LogP contribution in [0, 0.1) is 0 Å². The second-order valence-corrected chi connectivity index (χ2v) is 7.42. The second-order valence-electron chi connectivity index (χ2n) is 6.44. The van der Waals surface area contributed by atoms with Gasteiger partial charge in [-0.3, -0.25) is 9.80 Å². The number of carbonyl (C=O) groups excluding carboxylic acids is 1. The van der Waals surface area contributed by atoms with Crippen LogP contribution in [0.3, 0.4) is 0 Å². The van der Waals surface area contributed by atoms with Crippen molar-refractivity contribution in [3.05, 3.63) is 66.9 Å². The second kappa shape index (κ2) is 9.11. The molecule has 0 aliphatic rings. The number of halogens is 1. The van der Waals surface area contributed by atoms with Crippen molar-refractivity contribution >= 4 is 50.9 Å². The van der Waals surface area contributed by atoms with Crippen LogP contribution in [0.5, 0.6) is 5.75 Å². The predicted octanol–water partition coefficient (Wildman–Crippen LogP) is 5.48. The van der Waals surface area contributed by atoms with Crippen LogP contribution in [0.15, 0.2) is 66.9 Å². The lowest BCUT2D eigenvalue weighted by atomic mass is 10.1. The van der Waals surface area contributed by atoms with Gasteiger partial charge in [0.25, 0.3) is 0 Å². The summed E-state index contributed by atoms with van der Waals surface area (Å²) >= 11 is 1.46. The van der Waals surface area contributed by atoms with Crippen LogP contribution < -0.4 is 14.5 Å². The van der Waals surface area contributed by atoms with Crippen LogP contribution in [0.25, 0.3) is 21.3 Å². The first kappa shape index (κ1) is 21.5. The molecule has 0 aliphatic heterocycles. The zero-order valence-corrected chi connectivity index (χ0v) is 18.4. The molecule has 0 bridgehead atoms. The third-order valence-electron chi connectivity index (χ3n) is 4.65. The normalized spacial score (nSPS) is 10.4. The van der Waals surface area contributed by atoms with Crippen molar-refractivity contribution < 1.29 is 9.53 Å². The molecule has 0 fully saturated rings. The van der Waals surface area contributed by atoms with Crippen molar-refractivity contribution in [1.82, 2.24) is 9.97 Å². The number of nitrogens with zero attached hydrogens (tertiary/aromatic N) is 4. The number of fused-ring (bicyclic) bond motifs is 1. The lowest BCUT2D eigenvalue weighted by molar-refractivity contribution is 0.253. The zero-order chi connectivity index (χ0) is 20.4. The van der Waals surface area contributed by atoms with Gasteiger partial charge in [-0.1, -0.05) is 47.7 Å². The van der Waals surface area contributed by atoms with E-state index in [0.717, 1.165) is 21.3 Å². The fraction of sp³-hybridized carbons (Fsp3) is 0.136. The number of ether oxygens (including phenoxy) is 1. The van der Waals surface area contributed by atoms with Crippen LogP contribution in [0.2, 0.25) is 0 Å². The molecule has 8 heteroatoms. The van der Waals surface area contributed by atoms with E-state index in [0.29, 0.717) is 16.7 Å². The molecule has 0 atom stereocenters. The topological polar surface area (TPSA) is 58.6 Å². The first-order valence-electron chi connectivity index (χ1n) is 9.05. The summed E-state index contributed by atoms with van der Waals surface area (Å²) in [5, 5.41) is 0.592. The number of carbonyl (C=O) groups is 1. The molecule has 0 spiro atoms. The van der Waals surface area contributed by atoms with Gasteiger partial charge in [-0.25, -0.2) is 14.8 Å². The molecule has 6 nitrogen and oxygen atoms in total. The Kier molecular flexibility index (Phi) is 6.54. The minimum atomic E-state index is -0.219. The number of anilines is 2. The number of methoxy groups -OCH3 is 1. The molecule has 0 saturated carbocycles. The van der Waals surface area contributed by atoms with Crippen LogP contribution in [-0.2, 0) is 0 Å². The molecule has 30 heavy (non-hydrogen) atoms. The highest BCUT2D eigenvalue weighted by Gasteiger charge is 2.23. The van der Waals surface area contributed by atoms with Gasteiger partial charge in [0.2, 0.25) is 0 Å². The van der Waals surface area contributed by atoms with E-state index < -0.39 is 0 Å². The monoisotopic (exact) mass is 440 g/mol. The third kappa shape index (κ3) is 3.94. The molecule has 4 rings (SSSR count). The Bertz CT molecular complexity index is 1150. The fourth-order valence-electron chi connectivity index (χ4n) is 3.08. The average Bonchev–Trinajstić information content (AvgIpc) is 3.23. The summed E-state index contributed by atoms with van der Waals surface area (Å²) in [6, 6.07) is 19.3. The van der Waals surface area contributed by atoms with Crippen LogP contribution in [0.1, 0.15) is 0 Å². The Morgan fingerprint density at radius 2 is 1.70 bits per heavy atom. The maximum absolute atomic E-state index is 13.0. The number of thiazole rings is 1. The Morgan fingerprint density at radius 1 is 0.967 bits per heavy atom. The first-order valence-corrected chi connectivity index (χ1v) is 9.87. The molecule has 0 unspecified atom stereocenters. The number of rotatable bonds is 4. The summed E-state index contributed by atoms with van der Waals surface area (Å²) in [4.78, 5) is 25.0. The number of hydrogen-bond donors (Lipinski definition) is 0. The van der Waals surface area contributed by atoms with Gasteiger partial charge in [-0.15, -0.1) is 12.4 Å². The molecule has 2 heterocycles. The molecule has 154 valence electrons. The summed E-state index contributed by atoms with van der Waals surface area (Å²) in [5.74, 6) is 1.26. The van der Waals surface area contributed by atoms with E-state index >= 15 is 0 Å². The van der Waals surface area contributed by atoms with Crippen molar-refractivity contribution in [3.63, 3.8) is 0 Å². The third-order valence-corrected chi connectivity index (χ3v) is 5.82. The van der Waals surface area contributed by atoms with Gasteiger partial charge in [0, 0.05) is 25.9 Å². The van der Waals surface area contributed by atoms with Gasteiger partial charge in [0.15, 0.2) is 5.13 Å². The smallest absolute Gasteiger partial charge is 0.331 e. The Morgan fingerprint density at radius 3 is 2.37 bits per heavy atom. The molecular weight excluding hydrogens is 420 g/mol. The highest BCUT2D eigenvalue weighted by molar-refractivity contribution is 7.23. The molecular formula is C22H21ClN4O2S. The largest absolute Gasteiger partial charge is 0.494 e. The molecule has 0 saturated heterocycles. The lowest BCUT2D eigenvalue weighted by Crippen LogP contribution is -2.39. The quantitative estimate of drug-likeness (QED) is 0.421. The summed E-state index contributed by atoms with van der Waals surface area (Å²) in [5.41, 5.74) is 2.90. The number of aromatic nitrogens is 2. The fourth-order valence-corrected chi connectivity index (χ4v) is 4.16. The maximum atomic E-state index is 13.0.